The Morgan fingerprint density at radius 3 is 2.92 bits per heavy atom. The highest BCUT2D eigenvalue weighted by atomic mass is 16.3. The number of nitrogens with zero attached hydrogens (tertiary/aromatic N) is 1. The Hall–Kier alpha value is -1.10. The van der Waals surface area contributed by atoms with Crippen molar-refractivity contribution >= 4 is 11.8 Å². The summed E-state index contributed by atoms with van der Waals surface area (Å²) in [6.07, 6.45) is 0.517. The Bertz CT molecular complexity index is 217. The molecule has 1 heterocycles. The van der Waals surface area contributed by atoms with Crippen LogP contribution in [0.4, 0.5) is 0 Å². The third-order valence-corrected chi connectivity index (χ3v) is 2.14. The molecule has 1 saturated heterocycles. The summed E-state index contributed by atoms with van der Waals surface area (Å²) in [4.78, 5) is 23.9. The second kappa shape index (κ2) is 4.23. The first-order chi connectivity index (χ1) is 6.16. The zero-order valence-electron chi connectivity index (χ0n) is 7.62. The van der Waals surface area contributed by atoms with E-state index in [0.717, 1.165) is 0 Å². The molecule has 1 aliphatic heterocycles. The van der Waals surface area contributed by atoms with Gasteiger partial charge >= 0.3 is 0 Å². The molecule has 0 aromatic heterocycles. The highest BCUT2D eigenvalue weighted by Crippen LogP contribution is 2.05. The standard InChI is InChI=1S/C8H14N2O3/c1-6-8(13)9-5-7(12)10(6)3-2-4-11/h6,11H,2-5H2,1H3,(H,9,13). The van der Waals surface area contributed by atoms with Crippen molar-refractivity contribution in [3.8, 4) is 0 Å². The van der Waals surface area contributed by atoms with Gasteiger partial charge in [0.05, 0.1) is 6.54 Å². The van der Waals surface area contributed by atoms with E-state index in [4.69, 9.17) is 5.11 Å². The lowest BCUT2D eigenvalue weighted by Crippen LogP contribution is -2.57. The van der Waals surface area contributed by atoms with E-state index in [1.807, 2.05) is 0 Å². The van der Waals surface area contributed by atoms with Gasteiger partial charge in [-0.05, 0) is 13.3 Å². The highest BCUT2D eigenvalue weighted by Gasteiger charge is 2.29. The van der Waals surface area contributed by atoms with Gasteiger partial charge in [0, 0.05) is 13.2 Å². The number of hydrogen-bond acceptors (Lipinski definition) is 3. The van der Waals surface area contributed by atoms with Crippen molar-refractivity contribution in [2.24, 2.45) is 0 Å². The van der Waals surface area contributed by atoms with E-state index in [2.05, 4.69) is 5.32 Å². The predicted octanol–water partition coefficient (Wildman–Crippen LogP) is -1.28. The molecule has 1 rings (SSSR count). The Kier molecular flexibility index (Phi) is 3.25. The van der Waals surface area contributed by atoms with Gasteiger partial charge in [0.2, 0.25) is 11.8 Å². The molecule has 0 aliphatic carbocycles. The average molecular weight is 186 g/mol. The maximum absolute atomic E-state index is 11.3. The number of aliphatic hydroxyl groups is 1. The normalized spacial score (nSPS) is 23.2. The minimum Gasteiger partial charge on any atom is -0.396 e. The number of rotatable bonds is 3. The molecule has 0 spiro atoms. The van der Waals surface area contributed by atoms with Gasteiger partial charge in [-0.2, -0.15) is 0 Å². The van der Waals surface area contributed by atoms with Crippen LogP contribution in [-0.2, 0) is 9.59 Å². The summed E-state index contributed by atoms with van der Waals surface area (Å²) in [6, 6.07) is -0.409. The van der Waals surface area contributed by atoms with Gasteiger partial charge in [0.25, 0.3) is 0 Å². The number of aliphatic hydroxyl groups excluding tert-OH is 1. The van der Waals surface area contributed by atoms with E-state index >= 15 is 0 Å². The summed E-state index contributed by atoms with van der Waals surface area (Å²) in [5.74, 6) is -0.210. The average Bonchev–Trinajstić information content (AvgIpc) is 2.12. The van der Waals surface area contributed by atoms with E-state index in [1.165, 1.54) is 4.90 Å². The van der Waals surface area contributed by atoms with Crippen LogP contribution in [0.25, 0.3) is 0 Å². The van der Waals surface area contributed by atoms with E-state index in [1.54, 1.807) is 6.92 Å². The molecule has 1 aliphatic rings. The number of piperazine rings is 1. The van der Waals surface area contributed by atoms with Gasteiger partial charge < -0.3 is 15.3 Å². The second-order valence-corrected chi connectivity index (χ2v) is 3.06. The zero-order chi connectivity index (χ0) is 9.84. The molecule has 5 heteroatoms. The Morgan fingerprint density at radius 1 is 1.62 bits per heavy atom. The molecule has 0 bridgehead atoms. The maximum atomic E-state index is 11.3. The van der Waals surface area contributed by atoms with Crippen LogP contribution in [0.15, 0.2) is 0 Å². The molecular formula is C8H14N2O3. The van der Waals surface area contributed by atoms with Crippen LogP contribution in [0.5, 0.6) is 0 Å². The van der Waals surface area contributed by atoms with Gasteiger partial charge in [0.1, 0.15) is 6.04 Å². The van der Waals surface area contributed by atoms with Crippen molar-refractivity contribution in [1.29, 1.82) is 0 Å². The molecule has 1 unspecified atom stereocenters. The van der Waals surface area contributed by atoms with Crippen molar-refractivity contribution in [2.45, 2.75) is 19.4 Å². The van der Waals surface area contributed by atoms with Crippen molar-refractivity contribution in [3.05, 3.63) is 0 Å². The van der Waals surface area contributed by atoms with Gasteiger partial charge in [-0.1, -0.05) is 0 Å². The molecule has 13 heavy (non-hydrogen) atoms. The number of amides is 2. The summed E-state index contributed by atoms with van der Waals surface area (Å²) in [6.45, 7) is 2.25. The SMILES string of the molecule is CC1C(=O)NCC(=O)N1CCCO. The second-order valence-electron chi connectivity index (χ2n) is 3.06. The molecule has 1 atom stereocenters. The van der Waals surface area contributed by atoms with Crippen LogP contribution < -0.4 is 5.32 Å². The van der Waals surface area contributed by atoms with Gasteiger partial charge in [-0.3, -0.25) is 9.59 Å². The first kappa shape index (κ1) is 9.98. The number of hydrogen-bond donors (Lipinski definition) is 2. The van der Waals surface area contributed by atoms with Crippen LogP contribution in [0.2, 0.25) is 0 Å². The fraction of sp³-hybridized carbons (Fsp3) is 0.750. The molecule has 0 aromatic carbocycles. The van der Waals surface area contributed by atoms with Gasteiger partial charge in [-0.15, -0.1) is 0 Å². The quantitative estimate of drug-likeness (QED) is 0.576. The van der Waals surface area contributed by atoms with E-state index in [0.29, 0.717) is 13.0 Å². The van der Waals surface area contributed by atoms with Crippen molar-refractivity contribution < 1.29 is 14.7 Å². The molecule has 74 valence electrons. The molecular weight excluding hydrogens is 172 g/mol. The van der Waals surface area contributed by atoms with E-state index < -0.39 is 6.04 Å². The molecule has 1 fully saturated rings. The van der Waals surface area contributed by atoms with E-state index in [9.17, 15) is 9.59 Å². The van der Waals surface area contributed by atoms with Gasteiger partial charge in [-0.25, -0.2) is 0 Å². The topological polar surface area (TPSA) is 69.6 Å². The molecule has 5 nitrogen and oxygen atoms in total. The van der Waals surface area contributed by atoms with Crippen molar-refractivity contribution in [2.75, 3.05) is 19.7 Å². The lowest BCUT2D eigenvalue weighted by molar-refractivity contribution is -0.144. The largest absolute Gasteiger partial charge is 0.396 e. The van der Waals surface area contributed by atoms with Crippen LogP contribution in [0.1, 0.15) is 13.3 Å². The zero-order valence-corrected chi connectivity index (χ0v) is 7.62. The van der Waals surface area contributed by atoms with Crippen LogP contribution >= 0.6 is 0 Å². The minimum atomic E-state index is -0.409. The lowest BCUT2D eigenvalue weighted by Gasteiger charge is -2.32. The maximum Gasteiger partial charge on any atom is 0.242 e. The predicted molar refractivity (Wildman–Crippen MR) is 45.9 cm³/mol. The monoisotopic (exact) mass is 186 g/mol. The smallest absolute Gasteiger partial charge is 0.242 e. The van der Waals surface area contributed by atoms with Crippen LogP contribution in [0.3, 0.4) is 0 Å². The Labute approximate surface area is 76.7 Å². The fourth-order valence-corrected chi connectivity index (χ4v) is 1.33. The summed E-state index contributed by atoms with van der Waals surface area (Å²) < 4.78 is 0. The highest BCUT2D eigenvalue weighted by molar-refractivity contribution is 5.94. The first-order valence-corrected chi connectivity index (χ1v) is 4.35. The third-order valence-electron chi connectivity index (χ3n) is 2.14. The minimum absolute atomic E-state index is 0.0398. The number of nitrogens with one attached hydrogen (secondary N) is 1. The number of carbonyl (C=O) groups is 2. The first-order valence-electron chi connectivity index (χ1n) is 4.35. The van der Waals surface area contributed by atoms with Crippen molar-refractivity contribution in [1.82, 2.24) is 10.2 Å². The summed E-state index contributed by atoms with van der Waals surface area (Å²) in [5, 5.41) is 11.1. The lowest BCUT2D eigenvalue weighted by atomic mass is 10.2. The summed E-state index contributed by atoms with van der Waals surface area (Å²) in [5.41, 5.74) is 0. The van der Waals surface area contributed by atoms with Crippen LogP contribution in [-0.4, -0.2) is 47.6 Å². The fourth-order valence-electron chi connectivity index (χ4n) is 1.33. The molecule has 0 saturated carbocycles. The third kappa shape index (κ3) is 2.18. The Morgan fingerprint density at radius 2 is 2.31 bits per heavy atom. The molecule has 2 N–H and O–H groups in total. The summed E-state index contributed by atoms with van der Waals surface area (Å²) >= 11 is 0. The summed E-state index contributed by atoms with van der Waals surface area (Å²) in [7, 11) is 0. The number of carbonyl (C=O) groups excluding carboxylic acids is 2. The molecule has 2 amide bonds. The van der Waals surface area contributed by atoms with E-state index in [-0.39, 0.29) is 25.0 Å². The molecule has 0 radical (unpaired) electrons. The molecule has 0 aromatic rings. The van der Waals surface area contributed by atoms with Crippen molar-refractivity contribution in [3.63, 3.8) is 0 Å². The van der Waals surface area contributed by atoms with Gasteiger partial charge in [0.15, 0.2) is 0 Å². The Balaban J connectivity index is 2.55. The van der Waals surface area contributed by atoms with Crippen LogP contribution in [0, 0.1) is 0 Å².